The van der Waals surface area contributed by atoms with Crippen molar-refractivity contribution in [2.75, 3.05) is 11.9 Å². The molecule has 0 bridgehead atoms. The number of amides is 1. The van der Waals surface area contributed by atoms with Gasteiger partial charge in [-0.15, -0.1) is 11.3 Å². The minimum atomic E-state index is -0.847. The molecule has 0 fully saturated rings. The summed E-state index contributed by atoms with van der Waals surface area (Å²) >= 11 is 6.96. The van der Waals surface area contributed by atoms with Gasteiger partial charge in [-0.2, -0.15) is 9.78 Å². The molecule has 1 amide bonds. The monoisotopic (exact) mass is 516 g/mol. The average Bonchev–Trinajstić information content (AvgIpc) is 3.24. The Bertz CT molecular complexity index is 1570. The summed E-state index contributed by atoms with van der Waals surface area (Å²) in [5.74, 6) is -2.44. The van der Waals surface area contributed by atoms with Gasteiger partial charge >= 0.3 is 5.97 Å². The Morgan fingerprint density at radius 3 is 2.71 bits per heavy atom. The van der Waals surface area contributed by atoms with E-state index in [4.69, 9.17) is 16.3 Å². The van der Waals surface area contributed by atoms with Crippen LogP contribution in [0.15, 0.2) is 52.6 Å². The van der Waals surface area contributed by atoms with Gasteiger partial charge in [-0.3, -0.25) is 19.7 Å². The van der Waals surface area contributed by atoms with Crippen LogP contribution in [0.3, 0.4) is 0 Å². The van der Waals surface area contributed by atoms with Crippen LogP contribution in [0.2, 0.25) is 5.02 Å². The molecule has 2 aromatic heterocycles. The lowest BCUT2D eigenvalue weighted by atomic mass is 10.1. The maximum absolute atomic E-state index is 14.5. The number of carbonyl (C=O) groups is 2. The predicted molar refractivity (Wildman–Crippen MR) is 127 cm³/mol. The van der Waals surface area contributed by atoms with Crippen molar-refractivity contribution in [2.45, 2.75) is 6.92 Å². The number of para-hydroxylation sites is 1. The Hall–Kier alpha value is -4.16. The number of nitrogens with one attached hydrogen (secondary N) is 1. The van der Waals surface area contributed by atoms with Gasteiger partial charge in [0.1, 0.15) is 16.5 Å². The van der Waals surface area contributed by atoms with Gasteiger partial charge in [0.25, 0.3) is 17.2 Å². The Labute approximate surface area is 204 Å². The number of nitro benzene ring substituents is 1. The van der Waals surface area contributed by atoms with Crippen molar-refractivity contribution in [3.63, 3.8) is 0 Å². The third-order valence-corrected chi connectivity index (χ3v) is 6.06. The first-order valence-electron chi connectivity index (χ1n) is 9.94. The molecule has 0 aliphatic heterocycles. The summed E-state index contributed by atoms with van der Waals surface area (Å²) in [4.78, 5) is 49.2. The first-order chi connectivity index (χ1) is 16.7. The molecule has 0 saturated heterocycles. The van der Waals surface area contributed by atoms with E-state index >= 15 is 0 Å². The van der Waals surface area contributed by atoms with Crippen LogP contribution in [0.5, 0.6) is 0 Å². The van der Waals surface area contributed by atoms with Gasteiger partial charge in [0.05, 0.1) is 27.5 Å². The summed E-state index contributed by atoms with van der Waals surface area (Å²) in [6, 6.07) is 8.68. The number of halogens is 2. The molecule has 0 aliphatic carbocycles. The van der Waals surface area contributed by atoms with E-state index in [1.807, 2.05) is 0 Å². The summed E-state index contributed by atoms with van der Waals surface area (Å²) in [5.41, 5.74) is -1.83. The van der Waals surface area contributed by atoms with Gasteiger partial charge in [-0.1, -0.05) is 23.7 Å². The summed E-state index contributed by atoms with van der Waals surface area (Å²) in [5, 5.41) is 19.0. The Kier molecular flexibility index (Phi) is 6.58. The van der Waals surface area contributed by atoms with Crippen molar-refractivity contribution >= 4 is 56.3 Å². The highest BCUT2D eigenvalue weighted by atomic mass is 35.5. The molecule has 178 valence electrons. The number of hydrogen-bond donors (Lipinski definition) is 1. The molecule has 0 atom stereocenters. The zero-order valence-corrected chi connectivity index (χ0v) is 19.4. The largest absolute Gasteiger partial charge is 0.461 e. The maximum atomic E-state index is 14.5. The van der Waals surface area contributed by atoms with Crippen LogP contribution in [0, 0.1) is 15.9 Å². The summed E-state index contributed by atoms with van der Waals surface area (Å²) in [7, 11) is 0. The molecule has 35 heavy (non-hydrogen) atoms. The van der Waals surface area contributed by atoms with Crippen LogP contribution in [-0.2, 0) is 4.74 Å². The Morgan fingerprint density at radius 2 is 2.03 bits per heavy atom. The third-order valence-electron chi connectivity index (χ3n) is 4.83. The van der Waals surface area contributed by atoms with Gasteiger partial charge < -0.3 is 10.1 Å². The number of thiophene rings is 1. The van der Waals surface area contributed by atoms with E-state index in [1.54, 1.807) is 6.92 Å². The van der Waals surface area contributed by atoms with Crippen molar-refractivity contribution in [1.29, 1.82) is 0 Å². The van der Waals surface area contributed by atoms with Gasteiger partial charge in [-0.05, 0) is 25.1 Å². The van der Waals surface area contributed by atoms with Gasteiger partial charge in [-0.25, -0.2) is 9.18 Å². The molecule has 10 nitrogen and oxygen atoms in total. The predicted octanol–water partition coefficient (Wildman–Crippen LogP) is 4.58. The van der Waals surface area contributed by atoms with Crippen molar-refractivity contribution in [2.24, 2.45) is 0 Å². The number of non-ortho nitro benzene ring substituents is 1. The molecule has 0 saturated carbocycles. The van der Waals surface area contributed by atoms with Crippen LogP contribution in [0.4, 0.5) is 15.1 Å². The molecule has 4 rings (SSSR count). The molecular weight excluding hydrogens is 503 g/mol. The van der Waals surface area contributed by atoms with Crippen LogP contribution in [-0.4, -0.2) is 33.2 Å². The SMILES string of the molecule is CCOC(=O)c1nn(-c2ccccc2F)c(=O)c2c(NC(=O)c3cc([N+](=O)[O-])ccc3Cl)scc12. The Balaban J connectivity index is 1.89. The van der Waals surface area contributed by atoms with E-state index < -0.39 is 28.2 Å². The number of hydrogen-bond acceptors (Lipinski definition) is 8. The molecule has 13 heteroatoms. The number of esters is 1. The number of rotatable bonds is 6. The number of fused-ring (bicyclic) bond motifs is 1. The minimum Gasteiger partial charge on any atom is -0.461 e. The average molecular weight is 517 g/mol. The molecule has 4 aromatic rings. The van der Waals surface area contributed by atoms with Gasteiger partial charge in [0, 0.05) is 22.9 Å². The first-order valence-corrected chi connectivity index (χ1v) is 11.2. The lowest BCUT2D eigenvalue weighted by Crippen LogP contribution is -2.26. The smallest absolute Gasteiger partial charge is 0.359 e. The molecule has 1 N–H and O–H groups in total. The van der Waals surface area contributed by atoms with Crippen LogP contribution in [0.25, 0.3) is 16.5 Å². The topological polar surface area (TPSA) is 133 Å². The number of nitro groups is 1. The second-order valence-electron chi connectivity index (χ2n) is 6.97. The fourth-order valence-electron chi connectivity index (χ4n) is 3.25. The lowest BCUT2D eigenvalue weighted by Gasteiger charge is -2.10. The lowest BCUT2D eigenvalue weighted by molar-refractivity contribution is -0.384. The van der Waals surface area contributed by atoms with Crippen LogP contribution >= 0.6 is 22.9 Å². The molecule has 2 heterocycles. The Morgan fingerprint density at radius 1 is 1.29 bits per heavy atom. The number of ether oxygens (including phenoxy) is 1. The third kappa shape index (κ3) is 4.48. The van der Waals surface area contributed by atoms with Crippen molar-refractivity contribution in [1.82, 2.24) is 9.78 Å². The van der Waals surface area contributed by atoms with Crippen molar-refractivity contribution < 1.29 is 23.6 Å². The van der Waals surface area contributed by atoms with Gasteiger partial charge in [0.15, 0.2) is 5.69 Å². The van der Waals surface area contributed by atoms with Crippen LogP contribution < -0.4 is 10.9 Å². The highest BCUT2D eigenvalue weighted by Gasteiger charge is 2.25. The number of carbonyl (C=O) groups excluding carboxylic acids is 2. The second kappa shape index (κ2) is 9.60. The number of aromatic nitrogens is 2. The highest BCUT2D eigenvalue weighted by Crippen LogP contribution is 2.32. The second-order valence-corrected chi connectivity index (χ2v) is 8.25. The van der Waals surface area contributed by atoms with E-state index in [0.29, 0.717) is 4.68 Å². The molecular formula is C22H14ClFN4O6S. The first kappa shape index (κ1) is 24.0. The van der Waals surface area contributed by atoms with Crippen molar-refractivity contribution in [3.8, 4) is 5.69 Å². The van der Waals surface area contributed by atoms with E-state index in [9.17, 15) is 28.9 Å². The van der Waals surface area contributed by atoms with Crippen LogP contribution in [0.1, 0.15) is 27.8 Å². The van der Waals surface area contributed by atoms with Gasteiger partial charge in [0.2, 0.25) is 0 Å². The number of nitrogens with zero attached hydrogens (tertiary/aromatic N) is 3. The summed E-state index contributed by atoms with van der Waals surface area (Å²) in [6.45, 7) is 1.61. The standard InChI is InChI=1S/C22H14ClFN4O6S/c1-2-34-22(31)18-13-10-35-20(25-19(29)12-9-11(28(32)33)7-8-14(12)23)17(13)21(30)27(26-18)16-6-4-3-5-15(16)24/h3-10H,2H2,1H3,(H,25,29). The normalized spacial score (nSPS) is 10.8. The number of anilines is 1. The molecule has 0 unspecified atom stereocenters. The van der Waals surface area contributed by atoms with E-state index in [0.717, 1.165) is 29.5 Å². The zero-order valence-electron chi connectivity index (χ0n) is 17.8. The van der Waals surface area contributed by atoms with E-state index in [2.05, 4.69) is 10.4 Å². The molecule has 0 aliphatic rings. The quantitative estimate of drug-likeness (QED) is 0.225. The summed E-state index contributed by atoms with van der Waals surface area (Å²) in [6.07, 6.45) is 0. The van der Waals surface area contributed by atoms with E-state index in [1.165, 1.54) is 29.6 Å². The summed E-state index contributed by atoms with van der Waals surface area (Å²) < 4.78 is 20.2. The minimum absolute atomic E-state index is 0.00982. The fraction of sp³-hybridized carbons (Fsp3) is 0.0909. The maximum Gasteiger partial charge on any atom is 0.359 e. The molecule has 0 spiro atoms. The fourth-order valence-corrected chi connectivity index (χ4v) is 4.39. The zero-order chi connectivity index (χ0) is 25.3. The van der Waals surface area contributed by atoms with E-state index in [-0.39, 0.29) is 50.0 Å². The highest BCUT2D eigenvalue weighted by molar-refractivity contribution is 7.16. The molecule has 0 radical (unpaired) electrons. The molecule has 2 aromatic carbocycles. The number of benzene rings is 2. The van der Waals surface area contributed by atoms with Crippen molar-refractivity contribution in [3.05, 3.63) is 90.4 Å².